The maximum Gasteiger partial charge on any atom is 0.139 e. The Balaban J connectivity index is 1.91. The van der Waals surface area contributed by atoms with E-state index in [1.807, 2.05) is 24.3 Å². The summed E-state index contributed by atoms with van der Waals surface area (Å²) in [5, 5.41) is 16.0. The van der Waals surface area contributed by atoms with E-state index >= 15 is 0 Å². The molecule has 1 aromatic rings. The molecule has 1 fully saturated rings. The number of hydrogen-bond donors (Lipinski definition) is 3. The van der Waals surface area contributed by atoms with Gasteiger partial charge in [-0.05, 0) is 36.8 Å². The number of nitrogens with one attached hydrogen (secondary N) is 1. The first kappa shape index (κ1) is 14.2. The van der Waals surface area contributed by atoms with Crippen molar-refractivity contribution in [3.63, 3.8) is 0 Å². The fourth-order valence-electron chi connectivity index (χ4n) is 2.32. The van der Waals surface area contributed by atoms with Gasteiger partial charge in [0.05, 0.1) is 0 Å². The summed E-state index contributed by atoms with van der Waals surface area (Å²) in [5.41, 5.74) is 6.85. The average molecular weight is 282 g/mol. The number of amidine groups is 1. The van der Waals surface area contributed by atoms with Crippen LogP contribution in [0.5, 0.6) is 0 Å². The van der Waals surface area contributed by atoms with Crippen molar-refractivity contribution in [2.24, 2.45) is 16.3 Å². The molecule has 0 unspecified atom stereocenters. The van der Waals surface area contributed by atoms with Crippen molar-refractivity contribution in [2.75, 3.05) is 6.54 Å². The molecule has 0 aliphatic heterocycles. The zero-order chi connectivity index (χ0) is 13.9. The second-order valence-corrected chi connectivity index (χ2v) is 5.80. The normalized spacial score (nSPS) is 19.2. The van der Waals surface area contributed by atoms with Crippen LogP contribution in [-0.4, -0.2) is 17.6 Å². The third-order valence-electron chi connectivity index (χ3n) is 3.80. The Morgan fingerprint density at radius 1 is 1.53 bits per heavy atom. The molecule has 0 spiro atoms. The second kappa shape index (κ2) is 5.80. The zero-order valence-corrected chi connectivity index (χ0v) is 11.8. The van der Waals surface area contributed by atoms with Crippen molar-refractivity contribution in [1.82, 2.24) is 5.32 Å². The van der Waals surface area contributed by atoms with Crippen LogP contribution in [0.25, 0.3) is 0 Å². The van der Waals surface area contributed by atoms with Crippen LogP contribution in [0, 0.1) is 5.41 Å². The second-order valence-electron chi connectivity index (χ2n) is 5.39. The summed E-state index contributed by atoms with van der Waals surface area (Å²) in [6.07, 6.45) is 2.88. The fraction of sp³-hybridized carbons (Fsp3) is 0.500. The predicted molar refractivity (Wildman–Crippen MR) is 77.6 cm³/mol. The number of oxime groups is 1. The summed E-state index contributed by atoms with van der Waals surface area (Å²) in [6.45, 7) is 2.95. The number of halogens is 1. The van der Waals surface area contributed by atoms with Crippen molar-refractivity contribution >= 4 is 17.4 Å². The van der Waals surface area contributed by atoms with Crippen LogP contribution >= 0.6 is 11.6 Å². The van der Waals surface area contributed by atoms with E-state index in [9.17, 15) is 0 Å². The van der Waals surface area contributed by atoms with Crippen LogP contribution in [0.4, 0.5) is 0 Å². The molecule has 0 heterocycles. The molecule has 2 rings (SSSR count). The molecular weight excluding hydrogens is 262 g/mol. The highest BCUT2D eigenvalue weighted by Crippen LogP contribution is 2.48. The van der Waals surface area contributed by atoms with Crippen molar-refractivity contribution < 1.29 is 5.21 Å². The molecule has 19 heavy (non-hydrogen) atoms. The van der Waals surface area contributed by atoms with Crippen LogP contribution < -0.4 is 11.1 Å². The Labute approximate surface area is 118 Å². The molecule has 4 N–H and O–H groups in total. The minimum atomic E-state index is 0.159. The highest BCUT2D eigenvalue weighted by Gasteiger charge is 2.43. The summed E-state index contributed by atoms with van der Waals surface area (Å²) >= 11 is 6.18. The van der Waals surface area contributed by atoms with Crippen LogP contribution in [0.1, 0.15) is 37.8 Å². The third-order valence-corrected chi connectivity index (χ3v) is 4.14. The minimum absolute atomic E-state index is 0.159. The average Bonchev–Trinajstić information content (AvgIpc) is 3.16. The lowest BCUT2D eigenvalue weighted by molar-refractivity contribution is 0.313. The van der Waals surface area contributed by atoms with Gasteiger partial charge in [-0.15, -0.1) is 0 Å². The summed E-state index contributed by atoms with van der Waals surface area (Å²) in [6, 6.07) is 8.04. The number of nitrogens with zero attached hydrogens (tertiary/aromatic N) is 1. The molecule has 104 valence electrons. The summed E-state index contributed by atoms with van der Waals surface area (Å²) < 4.78 is 0. The van der Waals surface area contributed by atoms with Crippen LogP contribution in [0.3, 0.4) is 0 Å². The molecule has 0 radical (unpaired) electrons. The molecule has 4 nitrogen and oxygen atoms in total. The summed E-state index contributed by atoms with van der Waals surface area (Å²) in [5.74, 6) is 0.310. The van der Waals surface area contributed by atoms with Gasteiger partial charge in [0.1, 0.15) is 5.84 Å². The van der Waals surface area contributed by atoms with Gasteiger partial charge in [0.2, 0.25) is 0 Å². The van der Waals surface area contributed by atoms with E-state index in [2.05, 4.69) is 17.4 Å². The van der Waals surface area contributed by atoms with Gasteiger partial charge < -0.3 is 16.3 Å². The zero-order valence-electron chi connectivity index (χ0n) is 11.1. The Kier molecular flexibility index (Phi) is 4.32. The van der Waals surface area contributed by atoms with Crippen molar-refractivity contribution in [3.8, 4) is 0 Å². The number of nitrogens with two attached hydrogens (primary N) is 1. The molecule has 1 aliphatic carbocycles. The van der Waals surface area contributed by atoms with Crippen LogP contribution in [-0.2, 0) is 0 Å². The first-order chi connectivity index (χ1) is 9.06. The Bertz CT molecular complexity index is 472. The summed E-state index contributed by atoms with van der Waals surface area (Å²) in [4.78, 5) is 0. The Morgan fingerprint density at radius 3 is 2.79 bits per heavy atom. The van der Waals surface area contributed by atoms with E-state index in [-0.39, 0.29) is 11.5 Å². The minimum Gasteiger partial charge on any atom is -0.409 e. The Hall–Kier alpha value is -1.26. The molecule has 1 atom stereocenters. The van der Waals surface area contributed by atoms with Crippen molar-refractivity contribution in [1.29, 1.82) is 0 Å². The lowest BCUT2D eigenvalue weighted by Gasteiger charge is -2.20. The third kappa shape index (κ3) is 3.61. The highest BCUT2D eigenvalue weighted by molar-refractivity contribution is 6.31. The largest absolute Gasteiger partial charge is 0.409 e. The quantitative estimate of drug-likeness (QED) is 0.325. The van der Waals surface area contributed by atoms with Gasteiger partial charge in [0.15, 0.2) is 0 Å². The molecule has 5 heteroatoms. The van der Waals surface area contributed by atoms with E-state index in [4.69, 9.17) is 22.5 Å². The first-order valence-electron chi connectivity index (χ1n) is 6.50. The van der Waals surface area contributed by atoms with E-state index in [1.54, 1.807) is 0 Å². The summed E-state index contributed by atoms with van der Waals surface area (Å²) in [7, 11) is 0. The first-order valence-corrected chi connectivity index (χ1v) is 6.88. The van der Waals surface area contributed by atoms with Gasteiger partial charge >= 0.3 is 0 Å². The van der Waals surface area contributed by atoms with E-state index in [1.165, 1.54) is 0 Å². The van der Waals surface area contributed by atoms with E-state index < -0.39 is 0 Å². The van der Waals surface area contributed by atoms with Crippen LogP contribution in [0.15, 0.2) is 29.4 Å². The van der Waals surface area contributed by atoms with Gasteiger partial charge in [0, 0.05) is 24.0 Å². The topological polar surface area (TPSA) is 70.6 Å². The van der Waals surface area contributed by atoms with Crippen LogP contribution in [0.2, 0.25) is 5.02 Å². The molecule has 1 aliphatic rings. The monoisotopic (exact) mass is 281 g/mol. The molecule has 0 amide bonds. The molecule has 1 aromatic carbocycles. The van der Waals surface area contributed by atoms with Crippen molar-refractivity contribution in [3.05, 3.63) is 34.9 Å². The highest BCUT2D eigenvalue weighted by atomic mass is 35.5. The molecule has 0 saturated heterocycles. The lowest BCUT2D eigenvalue weighted by Crippen LogP contribution is -2.30. The van der Waals surface area contributed by atoms with Gasteiger partial charge in [-0.1, -0.05) is 35.0 Å². The molecule has 0 bridgehead atoms. The molecule has 1 saturated carbocycles. The van der Waals surface area contributed by atoms with E-state index in [0.29, 0.717) is 12.3 Å². The number of hydrogen-bond acceptors (Lipinski definition) is 3. The van der Waals surface area contributed by atoms with Gasteiger partial charge in [-0.2, -0.15) is 0 Å². The maximum absolute atomic E-state index is 8.64. The van der Waals surface area contributed by atoms with Crippen molar-refractivity contribution in [2.45, 2.75) is 32.2 Å². The molecule has 0 aromatic heterocycles. The van der Waals surface area contributed by atoms with Gasteiger partial charge in [-0.25, -0.2) is 0 Å². The SMILES string of the molecule is C[C@H](NCC1(C/C(N)=N/O)CC1)c1ccccc1Cl. The predicted octanol–water partition coefficient (Wildman–Crippen LogP) is 2.91. The van der Waals surface area contributed by atoms with Gasteiger partial charge in [0.25, 0.3) is 0 Å². The number of rotatable bonds is 6. The number of benzene rings is 1. The van der Waals surface area contributed by atoms with Gasteiger partial charge in [-0.3, -0.25) is 0 Å². The fourth-order valence-corrected chi connectivity index (χ4v) is 2.62. The molecular formula is C14H20ClN3O. The smallest absolute Gasteiger partial charge is 0.139 e. The lowest BCUT2D eigenvalue weighted by atomic mass is 10.0. The Morgan fingerprint density at radius 2 is 2.21 bits per heavy atom. The standard InChI is InChI=1S/C14H20ClN3O/c1-10(11-4-2-3-5-12(11)15)17-9-14(6-7-14)8-13(16)18-19/h2-5,10,17,19H,6-9H2,1H3,(H2,16,18)/t10-/m0/s1. The maximum atomic E-state index is 8.64. The van der Waals surface area contributed by atoms with E-state index in [0.717, 1.165) is 30.0 Å².